The summed E-state index contributed by atoms with van der Waals surface area (Å²) in [6.45, 7) is 3.14. The number of hydrogen-bond donors (Lipinski definition) is 1. The van der Waals surface area contributed by atoms with Gasteiger partial charge >= 0.3 is 5.97 Å². The summed E-state index contributed by atoms with van der Waals surface area (Å²) in [4.78, 5) is 10.5. The minimum absolute atomic E-state index is 0.288. The van der Waals surface area contributed by atoms with Gasteiger partial charge in [-0.2, -0.15) is 0 Å². The molecule has 0 heterocycles. The van der Waals surface area contributed by atoms with E-state index < -0.39 is 25.2 Å². The van der Waals surface area contributed by atoms with Gasteiger partial charge in [0.15, 0.2) is 0 Å². The Morgan fingerprint density at radius 3 is 2.50 bits per heavy atom. The molecule has 3 atom stereocenters. The first-order chi connectivity index (χ1) is 5.49. The molecule has 0 aliphatic rings. The molecule has 0 spiro atoms. The zero-order valence-electron chi connectivity index (χ0n) is 6.91. The third-order valence-corrected chi connectivity index (χ3v) is 3.32. The Hall–Kier alpha value is -0.0500. The van der Waals surface area contributed by atoms with Crippen LogP contribution in [0.5, 0.6) is 0 Å². The van der Waals surface area contributed by atoms with E-state index in [9.17, 15) is 9.36 Å². The van der Waals surface area contributed by atoms with Crippen LogP contribution < -0.4 is 0 Å². The average Bonchev–Trinajstić information content (AvgIpc) is 1.85. The highest BCUT2D eigenvalue weighted by Crippen LogP contribution is 2.34. The van der Waals surface area contributed by atoms with Gasteiger partial charge in [-0.25, -0.2) is 0 Å². The molecule has 0 amide bonds. The van der Waals surface area contributed by atoms with Gasteiger partial charge in [0, 0.05) is 0 Å². The van der Waals surface area contributed by atoms with Crippen LogP contribution in [0.15, 0.2) is 0 Å². The maximum absolute atomic E-state index is 11.1. The van der Waals surface area contributed by atoms with Gasteiger partial charge in [0.2, 0.25) is 8.03 Å². The lowest BCUT2D eigenvalue weighted by atomic mass is 10.3. The summed E-state index contributed by atoms with van der Waals surface area (Å²) in [6, 6.07) is 0. The summed E-state index contributed by atoms with van der Waals surface area (Å²) >= 11 is 5.39. The number of rotatable bonds is 5. The zero-order valence-corrected chi connectivity index (χ0v) is 8.67. The second kappa shape index (κ2) is 5.57. The molecule has 0 rings (SSSR count). The van der Waals surface area contributed by atoms with Crippen molar-refractivity contribution >= 4 is 25.6 Å². The van der Waals surface area contributed by atoms with Crippen LogP contribution in [0.3, 0.4) is 0 Å². The SMILES string of the molecule is CCC(C(=O)O)[PH](=O)OC(C)Cl. The van der Waals surface area contributed by atoms with Crippen molar-refractivity contribution in [2.24, 2.45) is 0 Å². The smallest absolute Gasteiger partial charge is 0.316 e. The molecule has 0 aromatic heterocycles. The molecule has 0 bridgehead atoms. The molecule has 6 heteroatoms. The Bertz CT molecular complexity index is 182. The first kappa shape index (κ1) is 11.9. The lowest BCUT2D eigenvalue weighted by Gasteiger charge is -2.11. The van der Waals surface area contributed by atoms with Gasteiger partial charge in [-0.1, -0.05) is 18.5 Å². The fourth-order valence-electron chi connectivity index (χ4n) is 0.684. The Balaban J connectivity index is 4.13. The van der Waals surface area contributed by atoms with Crippen molar-refractivity contribution in [3.63, 3.8) is 0 Å². The molecule has 72 valence electrons. The van der Waals surface area contributed by atoms with Gasteiger partial charge in [-0.15, -0.1) is 0 Å². The molecule has 0 saturated heterocycles. The lowest BCUT2D eigenvalue weighted by Crippen LogP contribution is -2.16. The summed E-state index contributed by atoms with van der Waals surface area (Å²) in [7, 11) is -2.56. The number of halogens is 1. The Kier molecular flexibility index (Phi) is 5.55. The summed E-state index contributed by atoms with van der Waals surface area (Å²) in [6.07, 6.45) is 0.288. The van der Waals surface area contributed by atoms with Crippen LogP contribution in [-0.2, 0) is 13.9 Å². The fraction of sp³-hybridized carbons (Fsp3) is 0.833. The first-order valence-electron chi connectivity index (χ1n) is 3.56. The molecule has 0 aromatic carbocycles. The number of aliphatic carboxylic acids is 1. The normalized spacial score (nSPS) is 18.2. The van der Waals surface area contributed by atoms with Crippen molar-refractivity contribution in [3.05, 3.63) is 0 Å². The van der Waals surface area contributed by atoms with E-state index in [2.05, 4.69) is 0 Å². The monoisotopic (exact) mass is 214 g/mol. The van der Waals surface area contributed by atoms with Crippen molar-refractivity contribution in [1.29, 1.82) is 0 Å². The van der Waals surface area contributed by atoms with Crippen molar-refractivity contribution in [2.75, 3.05) is 0 Å². The number of hydrogen-bond acceptors (Lipinski definition) is 3. The summed E-state index contributed by atoms with van der Waals surface area (Å²) in [5, 5.41) is 8.56. The van der Waals surface area contributed by atoms with E-state index in [0.717, 1.165) is 0 Å². The number of carboxylic acids is 1. The molecule has 0 aliphatic carbocycles. The molecule has 3 unspecified atom stereocenters. The highest BCUT2D eigenvalue weighted by atomic mass is 35.5. The van der Waals surface area contributed by atoms with E-state index in [-0.39, 0.29) is 6.42 Å². The molecule has 4 nitrogen and oxygen atoms in total. The topological polar surface area (TPSA) is 63.6 Å². The van der Waals surface area contributed by atoms with Crippen molar-refractivity contribution in [3.8, 4) is 0 Å². The van der Waals surface area contributed by atoms with Crippen LogP contribution in [0.4, 0.5) is 0 Å². The summed E-state index contributed by atoms with van der Waals surface area (Å²) in [5.41, 5.74) is -1.62. The first-order valence-corrected chi connectivity index (χ1v) is 5.39. The molecule has 1 N–H and O–H groups in total. The molecular weight excluding hydrogens is 202 g/mol. The molecule has 0 radical (unpaired) electrons. The maximum Gasteiger partial charge on any atom is 0.316 e. The highest BCUT2D eigenvalue weighted by Gasteiger charge is 2.23. The standard InChI is InChI=1S/C6H12ClO4P/c1-3-5(6(8)9)12(10)11-4(2)7/h4-5,12H,3H2,1-2H3,(H,8,9). The van der Waals surface area contributed by atoms with Crippen LogP contribution in [0.25, 0.3) is 0 Å². The number of carboxylic acid groups (broad SMARTS) is 1. The van der Waals surface area contributed by atoms with Crippen LogP contribution in [0, 0.1) is 0 Å². The average molecular weight is 215 g/mol. The Labute approximate surface area is 76.7 Å². The Morgan fingerprint density at radius 1 is 1.75 bits per heavy atom. The van der Waals surface area contributed by atoms with E-state index in [1.54, 1.807) is 6.92 Å². The van der Waals surface area contributed by atoms with E-state index >= 15 is 0 Å². The van der Waals surface area contributed by atoms with Crippen molar-refractivity contribution in [1.82, 2.24) is 0 Å². The molecule has 0 fully saturated rings. The molecule has 0 aliphatic heterocycles. The van der Waals surface area contributed by atoms with Gasteiger partial charge in [-0.3, -0.25) is 9.36 Å². The largest absolute Gasteiger partial charge is 0.481 e. The lowest BCUT2D eigenvalue weighted by molar-refractivity contribution is -0.136. The molecule has 0 saturated carbocycles. The summed E-state index contributed by atoms with van der Waals surface area (Å²) in [5.74, 6) is -1.10. The van der Waals surface area contributed by atoms with Crippen molar-refractivity contribution in [2.45, 2.75) is 31.5 Å². The Morgan fingerprint density at radius 2 is 2.25 bits per heavy atom. The predicted molar refractivity (Wildman–Crippen MR) is 47.1 cm³/mol. The van der Waals surface area contributed by atoms with E-state index in [1.165, 1.54) is 6.92 Å². The maximum atomic E-state index is 11.1. The van der Waals surface area contributed by atoms with Gasteiger partial charge in [0.25, 0.3) is 0 Å². The van der Waals surface area contributed by atoms with Gasteiger partial charge in [0.1, 0.15) is 11.2 Å². The quantitative estimate of drug-likeness (QED) is 0.561. The van der Waals surface area contributed by atoms with Crippen LogP contribution in [0.2, 0.25) is 0 Å². The third-order valence-electron chi connectivity index (χ3n) is 1.27. The van der Waals surface area contributed by atoms with E-state index in [4.69, 9.17) is 21.2 Å². The van der Waals surface area contributed by atoms with Crippen LogP contribution in [0.1, 0.15) is 20.3 Å². The van der Waals surface area contributed by atoms with Crippen LogP contribution in [-0.4, -0.2) is 22.3 Å². The fourth-order valence-corrected chi connectivity index (χ4v) is 1.97. The van der Waals surface area contributed by atoms with E-state index in [1.807, 2.05) is 0 Å². The molecule has 0 aromatic rings. The zero-order chi connectivity index (χ0) is 9.72. The number of carbonyl (C=O) groups is 1. The molecule has 12 heavy (non-hydrogen) atoms. The molecular formula is C6H12ClO4P. The van der Waals surface area contributed by atoms with Crippen molar-refractivity contribution < 1.29 is 19.0 Å². The predicted octanol–water partition coefficient (Wildman–Crippen LogP) is 1.93. The van der Waals surface area contributed by atoms with Gasteiger partial charge in [0.05, 0.1) is 0 Å². The minimum Gasteiger partial charge on any atom is -0.481 e. The third kappa shape index (κ3) is 4.10. The van der Waals surface area contributed by atoms with Gasteiger partial charge in [-0.05, 0) is 13.3 Å². The second-order valence-corrected chi connectivity index (χ2v) is 4.46. The highest BCUT2D eigenvalue weighted by molar-refractivity contribution is 7.41. The van der Waals surface area contributed by atoms with Gasteiger partial charge < -0.3 is 9.63 Å². The second-order valence-electron chi connectivity index (χ2n) is 2.28. The summed E-state index contributed by atoms with van der Waals surface area (Å²) < 4.78 is 15.8. The number of alkyl halides is 1. The van der Waals surface area contributed by atoms with Crippen LogP contribution >= 0.6 is 19.6 Å². The minimum atomic E-state index is -2.56. The van der Waals surface area contributed by atoms with E-state index in [0.29, 0.717) is 0 Å².